The van der Waals surface area contributed by atoms with Crippen LogP contribution in [-0.2, 0) is 29.5 Å². The van der Waals surface area contributed by atoms with Gasteiger partial charge in [0.1, 0.15) is 4.21 Å². The number of nitrogens with zero attached hydrogens (tertiary/aromatic N) is 1. The van der Waals surface area contributed by atoms with Gasteiger partial charge < -0.3 is 5.11 Å². The van der Waals surface area contributed by atoms with Gasteiger partial charge in [0, 0.05) is 30.8 Å². The zero-order chi connectivity index (χ0) is 15.9. The van der Waals surface area contributed by atoms with Crippen LogP contribution in [0.3, 0.4) is 0 Å². The van der Waals surface area contributed by atoms with Crippen molar-refractivity contribution in [3.8, 4) is 0 Å². The Morgan fingerprint density at radius 2 is 1.95 bits per heavy atom. The van der Waals surface area contributed by atoms with Gasteiger partial charge in [-0.05, 0) is 35.4 Å². The Hall–Kier alpha value is -1.70. The van der Waals surface area contributed by atoms with Crippen molar-refractivity contribution in [3.05, 3.63) is 51.9 Å². The van der Waals surface area contributed by atoms with Crippen molar-refractivity contribution in [3.63, 3.8) is 0 Å². The Morgan fingerprint density at radius 1 is 1.23 bits per heavy atom. The van der Waals surface area contributed by atoms with Crippen LogP contribution in [0.4, 0.5) is 0 Å². The second kappa shape index (κ2) is 5.49. The molecular formula is C15H15NO4S2. The van der Waals surface area contributed by atoms with Crippen LogP contribution in [0.2, 0.25) is 0 Å². The maximum Gasteiger partial charge on any atom is 0.335 e. The minimum atomic E-state index is -3.15. The number of benzene rings is 1. The third-order valence-electron chi connectivity index (χ3n) is 3.62. The second-order valence-corrected chi connectivity index (χ2v) is 8.84. The van der Waals surface area contributed by atoms with Gasteiger partial charge >= 0.3 is 5.97 Å². The van der Waals surface area contributed by atoms with Gasteiger partial charge in [0.25, 0.3) is 0 Å². The number of rotatable bonds is 4. The summed E-state index contributed by atoms with van der Waals surface area (Å²) in [5.41, 5.74) is 2.46. The highest BCUT2D eigenvalue weighted by atomic mass is 32.2. The van der Waals surface area contributed by atoms with Crippen molar-refractivity contribution in [2.24, 2.45) is 0 Å². The first-order valence-electron chi connectivity index (χ1n) is 6.69. The normalized spacial score (nSPS) is 15.0. The largest absolute Gasteiger partial charge is 0.478 e. The van der Waals surface area contributed by atoms with E-state index in [1.165, 1.54) is 17.6 Å². The highest BCUT2D eigenvalue weighted by Gasteiger charge is 2.21. The summed E-state index contributed by atoms with van der Waals surface area (Å²) in [6, 6.07) is 8.68. The van der Waals surface area contributed by atoms with Crippen LogP contribution in [0.1, 0.15) is 26.4 Å². The summed E-state index contributed by atoms with van der Waals surface area (Å²) in [4.78, 5) is 14.2. The molecule has 3 rings (SSSR count). The molecule has 0 fully saturated rings. The molecule has 2 aromatic rings. The van der Waals surface area contributed by atoms with E-state index in [0.29, 0.717) is 22.9 Å². The third-order valence-corrected chi connectivity index (χ3v) is 6.51. The molecule has 5 nitrogen and oxygen atoms in total. The smallest absolute Gasteiger partial charge is 0.335 e. The number of carbonyl (C=O) groups is 1. The van der Waals surface area contributed by atoms with Crippen LogP contribution in [0.25, 0.3) is 0 Å². The highest BCUT2D eigenvalue weighted by molar-refractivity contribution is 7.92. The van der Waals surface area contributed by atoms with Crippen molar-refractivity contribution < 1.29 is 18.3 Å². The van der Waals surface area contributed by atoms with Gasteiger partial charge in [-0.1, -0.05) is 6.07 Å². The topological polar surface area (TPSA) is 74.7 Å². The van der Waals surface area contributed by atoms with Crippen LogP contribution in [-0.4, -0.2) is 30.6 Å². The van der Waals surface area contributed by atoms with Crippen molar-refractivity contribution in [1.29, 1.82) is 0 Å². The Bertz CT molecular complexity index is 839. The molecule has 1 aromatic carbocycles. The minimum absolute atomic E-state index is 0.302. The first-order valence-corrected chi connectivity index (χ1v) is 9.40. The summed E-state index contributed by atoms with van der Waals surface area (Å²) in [5.74, 6) is -0.919. The first-order chi connectivity index (χ1) is 10.3. The molecule has 116 valence electrons. The summed E-state index contributed by atoms with van der Waals surface area (Å²) >= 11 is 1.29. The zero-order valence-electron chi connectivity index (χ0n) is 11.9. The monoisotopic (exact) mass is 337 g/mol. The summed E-state index contributed by atoms with van der Waals surface area (Å²) in [6.07, 6.45) is 1.21. The molecule has 1 aliphatic rings. The van der Waals surface area contributed by atoms with E-state index < -0.39 is 15.8 Å². The van der Waals surface area contributed by atoms with Gasteiger partial charge in [0.2, 0.25) is 0 Å². The van der Waals surface area contributed by atoms with Crippen LogP contribution >= 0.6 is 11.3 Å². The van der Waals surface area contributed by atoms with Crippen molar-refractivity contribution in [2.45, 2.75) is 23.8 Å². The molecule has 0 unspecified atom stereocenters. The Kier molecular flexibility index (Phi) is 3.80. The highest BCUT2D eigenvalue weighted by Crippen LogP contribution is 2.28. The standard InChI is InChI=1S/C15H15NO4S2/c1-22(19,20)14-5-4-13(21-14)9-16-7-11-3-2-10(15(17)18)6-12(11)8-16/h2-6H,7-9H2,1H3,(H,17,18). The molecule has 0 bridgehead atoms. The lowest BCUT2D eigenvalue weighted by atomic mass is 10.1. The molecule has 0 spiro atoms. The van der Waals surface area contributed by atoms with Crippen molar-refractivity contribution >= 4 is 27.1 Å². The predicted molar refractivity (Wildman–Crippen MR) is 83.8 cm³/mol. The van der Waals surface area contributed by atoms with Gasteiger partial charge in [0.15, 0.2) is 9.84 Å². The molecule has 1 aliphatic heterocycles. The number of hydrogen-bond acceptors (Lipinski definition) is 5. The number of aromatic carboxylic acids is 1. The van der Waals surface area contributed by atoms with E-state index >= 15 is 0 Å². The predicted octanol–water partition coefficient (Wildman–Crippen LogP) is 2.37. The third kappa shape index (κ3) is 3.06. The lowest BCUT2D eigenvalue weighted by molar-refractivity contribution is 0.0696. The number of carboxylic acids is 1. The van der Waals surface area contributed by atoms with E-state index in [0.717, 1.165) is 22.5 Å². The average molecular weight is 337 g/mol. The number of thiophene rings is 1. The quantitative estimate of drug-likeness (QED) is 0.927. The van der Waals surface area contributed by atoms with Gasteiger partial charge in [-0.3, -0.25) is 4.90 Å². The number of hydrogen-bond donors (Lipinski definition) is 1. The van der Waals surface area contributed by atoms with Gasteiger partial charge in [-0.25, -0.2) is 13.2 Å². The summed E-state index contributed by atoms with van der Waals surface area (Å²) < 4.78 is 23.4. The van der Waals surface area contributed by atoms with Crippen molar-refractivity contribution in [2.75, 3.05) is 6.26 Å². The molecule has 0 atom stereocenters. The molecule has 22 heavy (non-hydrogen) atoms. The molecule has 0 saturated heterocycles. The van der Waals surface area contributed by atoms with Crippen LogP contribution in [0, 0.1) is 0 Å². The second-order valence-electron chi connectivity index (χ2n) is 5.43. The van der Waals surface area contributed by atoms with E-state index in [9.17, 15) is 13.2 Å². The molecule has 2 heterocycles. The van der Waals surface area contributed by atoms with E-state index in [4.69, 9.17) is 5.11 Å². The number of fused-ring (bicyclic) bond motifs is 1. The van der Waals surface area contributed by atoms with Gasteiger partial charge in [-0.2, -0.15) is 0 Å². The molecule has 0 aliphatic carbocycles. The molecule has 0 saturated carbocycles. The molecule has 0 radical (unpaired) electrons. The van der Waals surface area contributed by atoms with E-state index in [-0.39, 0.29) is 0 Å². The fourth-order valence-corrected chi connectivity index (χ4v) is 4.59. The maximum absolute atomic E-state index is 11.5. The number of carboxylic acid groups (broad SMARTS) is 1. The SMILES string of the molecule is CS(=O)(=O)c1ccc(CN2Cc3ccc(C(=O)O)cc3C2)s1. The van der Waals surface area contributed by atoms with Crippen molar-refractivity contribution in [1.82, 2.24) is 4.90 Å². The molecule has 1 aromatic heterocycles. The summed E-state index contributed by atoms with van der Waals surface area (Å²) in [5, 5.41) is 9.03. The van der Waals surface area contributed by atoms with E-state index in [2.05, 4.69) is 4.90 Å². The molecular weight excluding hydrogens is 322 g/mol. The molecule has 0 amide bonds. The molecule has 1 N–H and O–H groups in total. The van der Waals surface area contributed by atoms with E-state index in [1.807, 2.05) is 12.1 Å². The Labute approximate surface area is 132 Å². The van der Waals surface area contributed by atoms with Crippen LogP contribution in [0.15, 0.2) is 34.5 Å². The fraction of sp³-hybridized carbons (Fsp3) is 0.267. The first kappa shape index (κ1) is 15.2. The lowest BCUT2D eigenvalue weighted by Crippen LogP contribution is -2.14. The Balaban J connectivity index is 1.74. The molecule has 7 heteroatoms. The zero-order valence-corrected chi connectivity index (χ0v) is 13.6. The lowest BCUT2D eigenvalue weighted by Gasteiger charge is -2.12. The fourth-order valence-electron chi connectivity index (χ4n) is 2.57. The average Bonchev–Trinajstić information content (AvgIpc) is 3.03. The van der Waals surface area contributed by atoms with Gasteiger partial charge in [-0.15, -0.1) is 11.3 Å². The maximum atomic E-state index is 11.5. The minimum Gasteiger partial charge on any atom is -0.478 e. The Morgan fingerprint density at radius 3 is 2.59 bits per heavy atom. The summed E-state index contributed by atoms with van der Waals surface area (Å²) in [6.45, 7) is 2.10. The van der Waals surface area contributed by atoms with E-state index in [1.54, 1.807) is 18.2 Å². The summed E-state index contributed by atoms with van der Waals surface area (Å²) in [7, 11) is -3.15. The van der Waals surface area contributed by atoms with Gasteiger partial charge in [0.05, 0.1) is 5.56 Å². The van der Waals surface area contributed by atoms with Crippen LogP contribution < -0.4 is 0 Å². The van der Waals surface area contributed by atoms with Crippen LogP contribution in [0.5, 0.6) is 0 Å². The number of sulfone groups is 1.